The Morgan fingerprint density at radius 1 is 1.40 bits per heavy atom. The van der Waals surface area contributed by atoms with E-state index >= 15 is 0 Å². The molecule has 0 aromatic carbocycles. The first-order valence-electron chi connectivity index (χ1n) is 4.85. The van der Waals surface area contributed by atoms with Crippen LogP contribution in [0.2, 0.25) is 5.15 Å². The molecule has 15 heavy (non-hydrogen) atoms. The van der Waals surface area contributed by atoms with Crippen molar-refractivity contribution in [2.24, 2.45) is 0 Å². The molecule has 0 spiro atoms. The molecule has 0 aliphatic rings. The van der Waals surface area contributed by atoms with E-state index in [0.29, 0.717) is 5.15 Å². The fourth-order valence-electron chi connectivity index (χ4n) is 1.36. The Hall–Kier alpha value is -1.35. The maximum absolute atomic E-state index is 5.92. The highest BCUT2D eigenvalue weighted by molar-refractivity contribution is 6.29. The van der Waals surface area contributed by atoms with E-state index in [-0.39, 0.29) is 0 Å². The zero-order valence-corrected chi connectivity index (χ0v) is 9.16. The molecule has 0 unspecified atom stereocenters. The van der Waals surface area contributed by atoms with E-state index in [1.54, 1.807) is 18.6 Å². The lowest BCUT2D eigenvalue weighted by atomic mass is 10.2. The molecule has 0 saturated heterocycles. The molecule has 3 nitrogen and oxygen atoms in total. The summed E-state index contributed by atoms with van der Waals surface area (Å²) >= 11 is 5.92. The van der Waals surface area contributed by atoms with Crippen molar-refractivity contribution in [1.82, 2.24) is 9.97 Å². The second-order valence-corrected chi connectivity index (χ2v) is 3.64. The van der Waals surface area contributed by atoms with Crippen LogP contribution in [0.4, 0.5) is 0 Å². The molecule has 0 radical (unpaired) electrons. The normalized spacial score (nSPS) is 10.5. The summed E-state index contributed by atoms with van der Waals surface area (Å²) in [7, 11) is 0. The molecule has 0 N–H and O–H groups in total. The molecule has 0 atom stereocenters. The highest BCUT2D eigenvalue weighted by Crippen LogP contribution is 2.20. The average Bonchev–Trinajstić information content (AvgIpc) is 2.70. The third kappa shape index (κ3) is 2.36. The maximum Gasteiger partial charge on any atom is 0.133 e. The molecular weight excluding hydrogens is 212 g/mol. The van der Waals surface area contributed by atoms with E-state index in [2.05, 4.69) is 16.9 Å². The first kappa shape index (κ1) is 10.2. The number of hydrogen-bond acceptors (Lipinski definition) is 3. The Kier molecular flexibility index (Phi) is 3.02. The van der Waals surface area contributed by atoms with Crippen LogP contribution in [-0.2, 0) is 6.42 Å². The number of aromatic nitrogens is 2. The quantitative estimate of drug-likeness (QED) is 0.748. The summed E-state index contributed by atoms with van der Waals surface area (Å²) in [5, 5.41) is 0.477. The molecule has 2 aromatic rings. The summed E-state index contributed by atoms with van der Waals surface area (Å²) in [6.45, 7) is 2.09. The monoisotopic (exact) mass is 222 g/mol. The van der Waals surface area contributed by atoms with Gasteiger partial charge < -0.3 is 4.42 Å². The van der Waals surface area contributed by atoms with Gasteiger partial charge in [0.1, 0.15) is 11.0 Å². The molecule has 4 heteroatoms. The Bertz CT molecular complexity index is 440. The van der Waals surface area contributed by atoms with E-state index < -0.39 is 0 Å². The number of hydrogen-bond donors (Lipinski definition) is 0. The van der Waals surface area contributed by atoms with E-state index in [1.807, 2.05) is 6.07 Å². The van der Waals surface area contributed by atoms with Gasteiger partial charge in [0, 0.05) is 18.1 Å². The van der Waals surface area contributed by atoms with Crippen molar-refractivity contribution >= 4 is 11.6 Å². The lowest BCUT2D eigenvalue weighted by Gasteiger charge is -2.01. The van der Waals surface area contributed by atoms with Crippen LogP contribution in [0.25, 0.3) is 11.3 Å². The van der Waals surface area contributed by atoms with Crippen LogP contribution in [0.5, 0.6) is 0 Å². The van der Waals surface area contributed by atoms with Crippen molar-refractivity contribution in [3.63, 3.8) is 0 Å². The van der Waals surface area contributed by atoms with Gasteiger partial charge in [0.2, 0.25) is 0 Å². The van der Waals surface area contributed by atoms with Crippen molar-refractivity contribution < 1.29 is 4.42 Å². The van der Waals surface area contributed by atoms with Crippen LogP contribution in [0.1, 0.15) is 19.2 Å². The van der Waals surface area contributed by atoms with Crippen LogP contribution in [0, 0.1) is 0 Å². The molecule has 0 aliphatic carbocycles. The number of nitrogens with zero attached hydrogens (tertiary/aromatic N) is 2. The van der Waals surface area contributed by atoms with E-state index in [9.17, 15) is 0 Å². The summed E-state index contributed by atoms with van der Waals surface area (Å²) in [4.78, 5) is 8.57. The first-order valence-corrected chi connectivity index (χ1v) is 5.23. The third-order valence-corrected chi connectivity index (χ3v) is 2.23. The molecule has 0 aliphatic heterocycles. The zero-order chi connectivity index (χ0) is 10.7. The molecule has 2 heterocycles. The van der Waals surface area contributed by atoms with E-state index in [1.165, 1.54) is 0 Å². The first-order chi connectivity index (χ1) is 7.29. The third-order valence-electron chi connectivity index (χ3n) is 2.03. The predicted octanol–water partition coefficient (Wildman–Crippen LogP) is 3.34. The second-order valence-electron chi connectivity index (χ2n) is 3.25. The van der Waals surface area contributed by atoms with Gasteiger partial charge in [0.25, 0.3) is 0 Å². The minimum Gasteiger partial charge on any atom is -0.472 e. The summed E-state index contributed by atoms with van der Waals surface area (Å²) < 4.78 is 5.01. The van der Waals surface area contributed by atoms with Crippen molar-refractivity contribution in [3.05, 3.63) is 35.6 Å². The van der Waals surface area contributed by atoms with Crippen LogP contribution in [-0.4, -0.2) is 9.97 Å². The number of aryl methyl sites for hydroxylation is 1. The molecular formula is C11H11ClN2O. The SMILES string of the molecule is CCCc1nc(Cl)cc(-c2ccoc2)n1. The second kappa shape index (κ2) is 4.45. The molecule has 0 saturated carbocycles. The van der Waals surface area contributed by atoms with Gasteiger partial charge in [-0.15, -0.1) is 0 Å². The number of rotatable bonds is 3. The lowest BCUT2D eigenvalue weighted by molar-refractivity contribution is 0.568. The Balaban J connectivity index is 2.40. The van der Waals surface area contributed by atoms with Gasteiger partial charge >= 0.3 is 0 Å². The lowest BCUT2D eigenvalue weighted by Crippen LogP contribution is -1.96. The highest BCUT2D eigenvalue weighted by atomic mass is 35.5. The van der Waals surface area contributed by atoms with Crippen LogP contribution < -0.4 is 0 Å². The van der Waals surface area contributed by atoms with Crippen molar-refractivity contribution in [1.29, 1.82) is 0 Å². The summed E-state index contributed by atoms with van der Waals surface area (Å²) in [5.74, 6) is 0.779. The fourth-order valence-corrected chi connectivity index (χ4v) is 1.56. The summed E-state index contributed by atoms with van der Waals surface area (Å²) in [6.07, 6.45) is 5.11. The van der Waals surface area contributed by atoms with Crippen LogP contribution in [0.3, 0.4) is 0 Å². The van der Waals surface area contributed by atoms with Gasteiger partial charge in [0.05, 0.1) is 18.2 Å². The Morgan fingerprint density at radius 2 is 2.27 bits per heavy atom. The maximum atomic E-state index is 5.92. The molecule has 2 rings (SSSR count). The topological polar surface area (TPSA) is 38.9 Å². The molecule has 0 bridgehead atoms. The molecule has 2 aromatic heterocycles. The van der Waals surface area contributed by atoms with Crippen LogP contribution >= 0.6 is 11.6 Å². The Morgan fingerprint density at radius 3 is 2.93 bits per heavy atom. The minimum atomic E-state index is 0.477. The van der Waals surface area contributed by atoms with E-state index in [4.69, 9.17) is 16.0 Å². The number of furan rings is 1. The standard InChI is InChI=1S/C11H11ClN2O/c1-2-3-11-13-9(6-10(12)14-11)8-4-5-15-7-8/h4-7H,2-3H2,1H3. The smallest absolute Gasteiger partial charge is 0.133 e. The zero-order valence-electron chi connectivity index (χ0n) is 8.40. The molecule has 78 valence electrons. The Labute approximate surface area is 93.1 Å². The van der Waals surface area contributed by atoms with Crippen LogP contribution in [0.15, 0.2) is 29.1 Å². The van der Waals surface area contributed by atoms with Gasteiger partial charge in [-0.05, 0) is 12.5 Å². The van der Waals surface area contributed by atoms with Crippen molar-refractivity contribution in [2.45, 2.75) is 19.8 Å². The van der Waals surface area contributed by atoms with Crippen molar-refractivity contribution in [2.75, 3.05) is 0 Å². The highest BCUT2D eigenvalue weighted by Gasteiger charge is 2.05. The minimum absolute atomic E-state index is 0.477. The predicted molar refractivity (Wildman–Crippen MR) is 58.7 cm³/mol. The average molecular weight is 223 g/mol. The van der Waals surface area contributed by atoms with Gasteiger partial charge in [-0.3, -0.25) is 0 Å². The van der Waals surface area contributed by atoms with Gasteiger partial charge in [-0.2, -0.15) is 0 Å². The van der Waals surface area contributed by atoms with E-state index in [0.717, 1.165) is 29.9 Å². The van der Waals surface area contributed by atoms with Crippen molar-refractivity contribution in [3.8, 4) is 11.3 Å². The number of halogens is 1. The summed E-state index contributed by atoms with van der Waals surface area (Å²) in [5.41, 5.74) is 1.74. The molecule has 0 fully saturated rings. The van der Waals surface area contributed by atoms with Gasteiger partial charge in [-0.25, -0.2) is 9.97 Å². The molecule has 0 amide bonds. The summed E-state index contributed by atoms with van der Waals surface area (Å²) in [6, 6.07) is 3.60. The fraction of sp³-hybridized carbons (Fsp3) is 0.273. The van der Waals surface area contributed by atoms with Gasteiger partial charge in [-0.1, -0.05) is 18.5 Å². The largest absolute Gasteiger partial charge is 0.472 e. The van der Waals surface area contributed by atoms with Gasteiger partial charge in [0.15, 0.2) is 0 Å².